The molecule has 0 spiro atoms. The van der Waals surface area contributed by atoms with Crippen LogP contribution in [0.1, 0.15) is 19.3 Å². The first-order chi connectivity index (χ1) is 8.79. The summed E-state index contributed by atoms with van der Waals surface area (Å²) in [6.07, 6.45) is 5.95. The summed E-state index contributed by atoms with van der Waals surface area (Å²) < 4.78 is 1.15. The fourth-order valence-corrected chi connectivity index (χ4v) is 3.19. The second kappa shape index (κ2) is 6.85. The predicted octanol–water partition coefficient (Wildman–Crippen LogP) is 3.82. The number of hydrogen-bond donors (Lipinski definition) is 2. The molecule has 0 aliphatic carbocycles. The summed E-state index contributed by atoms with van der Waals surface area (Å²) in [4.78, 5) is 4.54. The number of nitrogens with two attached hydrogens (primary N) is 1. The second-order valence-corrected chi connectivity index (χ2v) is 6.24. The van der Waals surface area contributed by atoms with E-state index in [9.17, 15) is 0 Å². The predicted molar refractivity (Wildman–Crippen MR) is 84.8 cm³/mol. The highest BCUT2D eigenvalue weighted by Crippen LogP contribution is 2.27. The van der Waals surface area contributed by atoms with Gasteiger partial charge in [-0.2, -0.15) is 11.8 Å². The fraction of sp³-hybridized carbons (Fsp3) is 0.462. The maximum absolute atomic E-state index is 5.76. The smallest absolute Gasteiger partial charge is 0.183 e. The minimum Gasteiger partial charge on any atom is -0.399 e. The van der Waals surface area contributed by atoms with Crippen molar-refractivity contribution in [1.82, 2.24) is 4.98 Å². The van der Waals surface area contributed by atoms with Crippen molar-refractivity contribution < 1.29 is 0 Å². The molecule has 98 valence electrons. The van der Waals surface area contributed by atoms with Gasteiger partial charge in [-0.05, 0) is 43.0 Å². The molecule has 0 radical (unpaired) electrons. The van der Waals surface area contributed by atoms with E-state index in [4.69, 9.17) is 5.73 Å². The number of rotatable bonds is 7. The molecular weight excluding hydrogens is 262 g/mol. The summed E-state index contributed by atoms with van der Waals surface area (Å²) in [7, 11) is 0. The molecule has 3 N–H and O–H groups in total. The number of unbranched alkanes of at least 4 members (excludes halogenated alkanes) is 2. The molecule has 5 heteroatoms. The first-order valence-corrected chi connectivity index (χ1v) is 8.39. The molecule has 0 saturated heterocycles. The summed E-state index contributed by atoms with van der Waals surface area (Å²) >= 11 is 3.59. The van der Waals surface area contributed by atoms with E-state index >= 15 is 0 Å². The Morgan fingerprint density at radius 3 is 3.06 bits per heavy atom. The van der Waals surface area contributed by atoms with Crippen LogP contribution in [-0.4, -0.2) is 23.5 Å². The lowest BCUT2D eigenvalue weighted by Gasteiger charge is -2.01. The van der Waals surface area contributed by atoms with Crippen LogP contribution in [0.4, 0.5) is 10.8 Å². The van der Waals surface area contributed by atoms with Crippen LogP contribution in [0.2, 0.25) is 0 Å². The Hall–Kier alpha value is -0.940. The van der Waals surface area contributed by atoms with Gasteiger partial charge < -0.3 is 11.1 Å². The van der Waals surface area contributed by atoms with Crippen LogP contribution in [0.25, 0.3) is 10.2 Å². The molecule has 1 heterocycles. The lowest BCUT2D eigenvalue weighted by molar-refractivity contribution is 0.749. The van der Waals surface area contributed by atoms with Crippen LogP contribution in [0.3, 0.4) is 0 Å². The summed E-state index contributed by atoms with van der Waals surface area (Å²) in [5, 5.41) is 4.39. The lowest BCUT2D eigenvalue weighted by Crippen LogP contribution is -2.00. The van der Waals surface area contributed by atoms with Crippen LogP contribution in [0.5, 0.6) is 0 Å². The molecule has 18 heavy (non-hydrogen) atoms. The molecular formula is C13H19N3S2. The Labute approximate surface area is 116 Å². The molecule has 0 aliphatic rings. The molecule has 1 aromatic heterocycles. The standard InChI is InChI=1S/C13H19N3S2/c1-17-8-4-2-3-7-15-13-16-11-6-5-10(14)9-12(11)18-13/h5-6,9H,2-4,7-8,14H2,1H3,(H,15,16). The number of thioether (sulfide) groups is 1. The van der Waals surface area contributed by atoms with Crippen LogP contribution in [0.15, 0.2) is 18.2 Å². The maximum Gasteiger partial charge on any atom is 0.183 e. The molecule has 0 unspecified atom stereocenters. The maximum atomic E-state index is 5.76. The molecule has 2 aromatic rings. The molecule has 0 fully saturated rings. The van der Waals surface area contributed by atoms with Gasteiger partial charge in [-0.25, -0.2) is 4.98 Å². The number of anilines is 2. The zero-order valence-electron chi connectivity index (χ0n) is 10.6. The third kappa shape index (κ3) is 3.78. The fourth-order valence-electron chi connectivity index (χ4n) is 1.76. The topological polar surface area (TPSA) is 50.9 Å². The number of nitrogen functional groups attached to an aromatic ring is 1. The highest BCUT2D eigenvalue weighted by Gasteiger charge is 2.03. The molecule has 1 aromatic carbocycles. The first kappa shape index (κ1) is 13.5. The summed E-state index contributed by atoms with van der Waals surface area (Å²) in [6.45, 7) is 1.00. The van der Waals surface area contributed by atoms with Crippen molar-refractivity contribution in [1.29, 1.82) is 0 Å². The molecule has 0 amide bonds. The van der Waals surface area contributed by atoms with Gasteiger partial charge in [0.15, 0.2) is 5.13 Å². The average Bonchev–Trinajstić information content (AvgIpc) is 2.75. The molecule has 0 aliphatic heterocycles. The Bertz CT molecular complexity index is 496. The minimum atomic E-state index is 0.801. The van der Waals surface area contributed by atoms with Crippen LogP contribution in [-0.2, 0) is 0 Å². The quantitative estimate of drug-likeness (QED) is 0.598. The van der Waals surface area contributed by atoms with Gasteiger partial charge in [-0.15, -0.1) is 0 Å². The number of fused-ring (bicyclic) bond motifs is 1. The van der Waals surface area contributed by atoms with Gasteiger partial charge in [0.25, 0.3) is 0 Å². The first-order valence-electron chi connectivity index (χ1n) is 6.18. The number of benzene rings is 1. The van der Waals surface area contributed by atoms with Crippen LogP contribution < -0.4 is 11.1 Å². The largest absolute Gasteiger partial charge is 0.399 e. The molecule has 2 rings (SSSR count). The van der Waals surface area contributed by atoms with Gasteiger partial charge in [0, 0.05) is 12.2 Å². The highest BCUT2D eigenvalue weighted by molar-refractivity contribution is 7.98. The number of aromatic nitrogens is 1. The molecule has 0 saturated carbocycles. The van der Waals surface area contributed by atoms with E-state index in [1.807, 2.05) is 30.0 Å². The van der Waals surface area contributed by atoms with Crippen molar-refractivity contribution in [3.05, 3.63) is 18.2 Å². The lowest BCUT2D eigenvalue weighted by atomic mass is 10.2. The number of thiazole rings is 1. The Morgan fingerprint density at radius 2 is 2.22 bits per heavy atom. The van der Waals surface area contributed by atoms with Crippen LogP contribution >= 0.6 is 23.1 Å². The summed E-state index contributed by atoms with van der Waals surface area (Å²) in [5.41, 5.74) is 7.59. The summed E-state index contributed by atoms with van der Waals surface area (Å²) in [5.74, 6) is 1.26. The van der Waals surface area contributed by atoms with Crippen molar-refractivity contribution in [2.45, 2.75) is 19.3 Å². The molecule has 0 atom stereocenters. The second-order valence-electron chi connectivity index (χ2n) is 4.23. The summed E-state index contributed by atoms with van der Waals surface area (Å²) in [6, 6.07) is 5.86. The van der Waals surface area contributed by atoms with Crippen molar-refractivity contribution in [3.8, 4) is 0 Å². The van der Waals surface area contributed by atoms with E-state index in [0.717, 1.165) is 27.6 Å². The Balaban J connectivity index is 1.81. The monoisotopic (exact) mass is 281 g/mol. The van der Waals surface area contributed by atoms with Gasteiger partial charge in [0.2, 0.25) is 0 Å². The van der Waals surface area contributed by atoms with E-state index < -0.39 is 0 Å². The van der Waals surface area contributed by atoms with Crippen LogP contribution in [0, 0.1) is 0 Å². The van der Waals surface area contributed by atoms with Crippen molar-refractivity contribution in [3.63, 3.8) is 0 Å². The van der Waals surface area contributed by atoms with E-state index in [0.29, 0.717) is 0 Å². The van der Waals surface area contributed by atoms with Gasteiger partial charge >= 0.3 is 0 Å². The van der Waals surface area contributed by atoms with Gasteiger partial charge in [0.1, 0.15) is 0 Å². The van der Waals surface area contributed by atoms with Gasteiger partial charge in [0.05, 0.1) is 10.2 Å². The Morgan fingerprint density at radius 1 is 1.33 bits per heavy atom. The normalized spacial score (nSPS) is 10.9. The van der Waals surface area contributed by atoms with E-state index in [1.165, 1.54) is 25.0 Å². The van der Waals surface area contributed by atoms with Crippen molar-refractivity contribution >= 4 is 44.1 Å². The zero-order valence-corrected chi connectivity index (χ0v) is 12.2. The number of hydrogen-bond acceptors (Lipinski definition) is 5. The average molecular weight is 281 g/mol. The van der Waals surface area contributed by atoms with E-state index in [-0.39, 0.29) is 0 Å². The minimum absolute atomic E-state index is 0.801. The molecule has 0 bridgehead atoms. The third-order valence-corrected chi connectivity index (χ3v) is 4.39. The number of nitrogens with one attached hydrogen (secondary N) is 1. The van der Waals surface area contributed by atoms with E-state index in [1.54, 1.807) is 11.3 Å². The Kier molecular flexibility index (Phi) is 5.13. The van der Waals surface area contributed by atoms with Gasteiger partial charge in [-0.3, -0.25) is 0 Å². The number of nitrogens with zero attached hydrogens (tertiary/aromatic N) is 1. The third-order valence-electron chi connectivity index (χ3n) is 2.71. The highest BCUT2D eigenvalue weighted by atomic mass is 32.2. The zero-order chi connectivity index (χ0) is 12.8. The molecule has 3 nitrogen and oxygen atoms in total. The van der Waals surface area contributed by atoms with Crippen molar-refractivity contribution in [2.75, 3.05) is 29.6 Å². The van der Waals surface area contributed by atoms with Gasteiger partial charge in [-0.1, -0.05) is 17.8 Å². The SMILES string of the molecule is CSCCCCCNc1nc2ccc(N)cc2s1. The van der Waals surface area contributed by atoms with Crippen molar-refractivity contribution in [2.24, 2.45) is 0 Å². The van der Waals surface area contributed by atoms with E-state index in [2.05, 4.69) is 16.6 Å².